The second-order valence-electron chi connectivity index (χ2n) is 5.62. The van der Waals surface area contributed by atoms with Gasteiger partial charge in [-0.05, 0) is 43.0 Å². The highest BCUT2D eigenvalue weighted by Crippen LogP contribution is 2.19. The Bertz CT molecular complexity index is 594. The van der Waals surface area contributed by atoms with Crippen LogP contribution >= 0.6 is 0 Å². The van der Waals surface area contributed by atoms with E-state index in [-0.39, 0.29) is 12.7 Å². The third-order valence-electron chi connectivity index (χ3n) is 3.82. The summed E-state index contributed by atoms with van der Waals surface area (Å²) in [7, 11) is 1.60. The lowest BCUT2D eigenvalue weighted by molar-refractivity contribution is -0.0195. The zero-order valence-corrected chi connectivity index (χ0v) is 14.1. The molecule has 1 aliphatic rings. The van der Waals surface area contributed by atoms with E-state index in [4.69, 9.17) is 19.3 Å². The molecular formula is C18H22O7. The van der Waals surface area contributed by atoms with Gasteiger partial charge in [-0.3, -0.25) is 0 Å². The van der Waals surface area contributed by atoms with E-state index in [1.54, 1.807) is 31.4 Å². The van der Waals surface area contributed by atoms with Gasteiger partial charge in [0.05, 0.1) is 6.10 Å². The molecule has 0 amide bonds. The van der Waals surface area contributed by atoms with Crippen molar-refractivity contribution in [3.63, 3.8) is 0 Å². The molecule has 1 N–H and O–H groups in total. The van der Waals surface area contributed by atoms with E-state index in [9.17, 15) is 9.59 Å². The Kier molecular flexibility index (Phi) is 7.28. The molecule has 136 valence electrons. The van der Waals surface area contributed by atoms with Gasteiger partial charge in [-0.15, -0.1) is 0 Å². The second kappa shape index (κ2) is 9.68. The Hall–Kier alpha value is -2.54. The van der Waals surface area contributed by atoms with Gasteiger partial charge >= 0.3 is 12.3 Å². The molecule has 0 saturated carbocycles. The van der Waals surface area contributed by atoms with Gasteiger partial charge in [-0.25, -0.2) is 9.59 Å². The number of rotatable bonds is 5. The van der Waals surface area contributed by atoms with Crippen molar-refractivity contribution in [3.05, 3.63) is 42.0 Å². The van der Waals surface area contributed by atoms with Gasteiger partial charge in [0.15, 0.2) is 0 Å². The maximum Gasteiger partial charge on any atom is 0.514 e. The van der Waals surface area contributed by atoms with Gasteiger partial charge in [0.1, 0.15) is 18.5 Å². The number of ether oxygens (including phenoxy) is 4. The third-order valence-corrected chi connectivity index (χ3v) is 3.82. The van der Waals surface area contributed by atoms with Crippen molar-refractivity contribution in [1.29, 1.82) is 0 Å². The standard InChI is InChI=1S/C18H22O7/c1-22-15-6-4-2-3-5-7-16(15)25-18(21)24-14-10-8-13(9-11-14)12-23-17(19)20/h5,7-11,15-16H,2-4,6,12H2,1H3,(H,19,20)/b7-5+. The van der Waals surface area contributed by atoms with Gasteiger partial charge in [-0.1, -0.05) is 24.6 Å². The Morgan fingerprint density at radius 2 is 1.96 bits per heavy atom. The quantitative estimate of drug-likeness (QED) is 0.489. The SMILES string of the molecule is COC1CCCC/C=C/C1OC(=O)Oc1ccc(COC(=O)O)cc1. The Labute approximate surface area is 146 Å². The molecule has 7 heteroatoms. The zero-order chi connectivity index (χ0) is 18.1. The first kappa shape index (κ1) is 18.8. The van der Waals surface area contributed by atoms with Crippen molar-refractivity contribution in [2.75, 3.05) is 7.11 Å². The summed E-state index contributed by atoms with van der Waals surface area (Å²) in [5.74, 6) is 0.299. The van der Waals surface area contributed by atoms with Gasteiger partial charge < -0.3 is 24.1 Å². The van der Waals surface area contributed by atoms with Gasteiger partial charge in [0.2, 0.25) is 0 Å². The van der Waals surface area contributed by atoms with Crippen molar-refractivity contribution in [3.8, 4) is 5.75 Å². The van der Waals surface area contributed by atoms with E-state index in [0.717, 1.165) is 25.7 Å². The van der Waals surface area contributed by atoms with Crippen LogP contribution in [0.4, 0.5) is 9.59 Å². The van der Waals surface area contributed by atoms with Gasteiger partial charge in [0, 0.05) is 7.11 Å². The minimum absolute atomic E-state index is 0.0670. The first-order valence-electron chi connectivity index (χ1n) is 8.11. The van der Waals surface area contributed by atoms with Crippen LogP contribution in [-0.2, 0) is 20.8 Å². The average Bonchev–Trinajstić information content (AvgIpc) is 2.57. The summed E-state index contributed by atoms with van der Waals surface area (Å²) in [5.41, 5.74) is 0.644. The lowest BCUT2D eigenvalue weighted by Gasteiger charge is -2.24. The topological polar surface area (TPSA) is 91.3 Å². The molecule has 0 spiro atoms. The molecule has 2 atom stereocenters. The number of hydrogen-bond donors (Lipinski definition) is 1. The Morgan fingerprint density at radius 1 is 1.20 bits per heavy atom. The molecule has 2 rings (SSSR count). The summed E-state index contributed by atoms with van der Waals surface area (Å²) in [6, 6.07) is 6.31. The fraction of sp³-hybridized carbons (Fsp3) is 0.444. The number of methoxy groups -OCH3 is 1. The molecule has 0 saturated heterocycles. The largest absolute Gasteiger partial charge is 0.514 e. The molecule has 1 aliphatic carbocycles. The summed E-state index contributed by atoms with van der Waals surface area (Å²) < 4.78 is 20.4. The molecule has 1 aromatic rings. The zero-order valence-electron chi connectivity index (χ0n) is 14.1. The number of hydrogen-bond acceptors (Lipinski definition) is 6. The lowest BCUT2D eigenvalue weighted by Crippen LogP contribution is -2.33. The van der Waals surface area contributed by atoms with Crippen LogP contribution in [-0.4, -0.2) is 36.7 Å². The van der Waals surface area contributed by atoms with E-state index in [2.05, 4.69) is 4.74 Å². The summed E-state index contributed by atoms with van der Waals surface area (Å²) >= 11 is 0. The Balaban J connectivity index is 1.89. The van der Waals surface area contributed by atoms with Gasteiger partial charge in [0.25, 0.3) is 0 Å². The molecule has 0 aromatic heterocycles. The van der Waals surface area contributed by atoms with Gasteiger partial charge in [-0.2, -0.15) is 0 Å². The Morgan fingerprint density at radius 3 is 2.64 bits per heavy atom. The van der Waals surface area contributed by atoms with E-state index in [1.807, 2.05) is 12.2 Å². The predicted molar refractivity (Wildman–Crippen MR) is 88.6 cm³/mol. The minimum Gasteiger partial charge on any atom is -0.450 e. The lowest BCUT2D eigenvalue weighted by atomic mass is 10.0. The van der Waals surface area contributed by atoms with E-state index >= 15 is 0 Å². The average molecular weight is 350 g/mol. The van der Waals surface area contributed by atoms with E-state index in [0.29, 0.717) is 11.3 Å². The summed E-state index contributed by atoms with van der Waals surface area (Å²) in [6.45, 7) is -0.0670. The monoisotopic (exact) mass is 350 g/mol. The smallest absolute Gasteiger partial charge is 0.450 e. The highest BCUT2D eigenvalue weighted by Gasteiger charge is 2.24. The van der Waals surface area contributed by atoms with Crippen molar-refractivity contribution < 1.29 is 33.6 Å². The van der Waals surface area contributed by atoms with Crippen LogP contribution in [0.2, 0.25) is 0 Å². The number of allylic oxidation sites excluding steroid dienone is 1. The predicted octanol–water partition coefficient (Wildman–Crippen LogP) is 3.91. The molecule has 0 fully saturated rings. The van der Waals surface area contributed by atoms with Crippen molar-refractivity contribution in [1.82, 2.24) is 0 Å². The normalized spacial score (nSPS) is 21.5. The fourth-order valence-corrected chi connectivity index (χ4v) is 2.52. The van der Waals surface area contributed by atoms with E-state index < -0.39 is 18.4 Å². The second-order valence-corrected chi connectivity index (χ2v) is 5.62. The molecular weight excluding hydrogens is 328 g/mol. The maximum atomic E-state index is 12.0. The summed E-state index contributed by atoms with van der Waals surface area (Å²) in [4.78, 5) is 22.4. The highest BCUT2D eigenvalue weighted by atomic mass is 16.7. The summed E-state index contributed by atoms with van der Waals surface area (Å²) in [6.07, 6.45) is 4.85. The first-order valence-corrected chi connectivity index (χ1v) is 8.11. The molecule has 0 heterocycles. The maximum absolute atomic E-state index is 12.0. The van der Waals surface area contributed by atoms with Crippen LogP contribution < -0.4 is 4.74 Å². The van der Waals surface area contributed by atoms with Crippen LogP contribution in [0.3, 0.4) is 0 Å². The molecule has 0 aliphatic heterocycles. The number of benzene rings is 1. The first-order chi connectivity index (χ1) is 12.1. The van der Waals surface area contributed by atoms with Crippen LogP contribution in [0, 0.1) is 0 Å². The fourth-order valence-electron chi connectivity index (χ4n) is 2.52. The molecule has 0 bridgehead atoms. The highest BCUT2D eigenvalue weighted by molar-refractivity contribution is 5.64. The molecule has 7 nitrogen and oxygen atoms in total. The molecule has 2 unspecified atom stereocenters. The van der Waals surface area contributed by atoms with Crippen LogP contribution in [0.1, 0.15) is 31.2 Å². The van der Waals surface area contributed by atoms with Crippen molar-refractivity contribution >= 4 is 12.3 Å². The number of carbonyl (C=O) groups is 2. The van der Waals surface area contributed by atoms with Crippen LogP contribution in [0.5, 0.6) is 5.75 Å². The van der Waals surface area contributed by atoms with Crippen molar-refractivity contribution in [2.45, 2.75) is 44.5 Å². The van der Waals surface area contributed by atoms with Crippen LogP contribution in [0.15, 0.2) is 36.4 Å². The molecule has 0 radical (unpaired) electrons. The van der Waals surface area contributed by atoms with Crippen LogP contribution in [0.25, 0.3) is 0 Å². The number of carbonyl (C=O) groups excluding carboxylic acids is 1. The molecule has 25 heavy (non-hydrogen) atoms. The number of carboxylic acid groups (broad SMARTS) is 1. The van der Waals surface area contributed by atoms with Crippen molar-refractivity contribution in [2.24, 2.45) is 0 Å². The minimum atomic E-state index is -1.34. The summed E-state index contributed by atoms with van der Waals surface area (Å²) in [5, 5.41) is 8.46. The third kappa shape index (κ3) is 6.46. The van der Waals surface area contributed by atoms with E-state index in [1.165, 1.54) is 0 Å². The molecule has 1 aromatic carbocycles.